The lowest BCUT2D eigenvalue weighted by molar-refractivity contribution is 0.101. The number of Topliss-reactive ketones (excluding diaryl/α,β-unsaturated/α-hetero) is 1. The SMILES string of the molecule is CC(=O)c1csc(CSc2ccccc2C)n1. The van der Waals surface area contributed by atoms with Crippen LogP contribution in [0.3, 0.4) is 0 Å². The van der Waals surface area contributed by atoms with Gasteiger partial charge >= 0.3 is 0 Å². The number of aromatic nitrogens is 1. The molecular weight excluding hydrogens is 250 g/mol. The lowest BCUT2D eigenvalue weighted by Crippen LogP contribution is -1.92. The van der Waals surface area contributed by atoms with Gasteiger partial charge in [-0.1, -0.05) is 18.2 Å². The van der Waals surface area contributed by atoms with Crippen LogP contribution in [0.15, 0.2) is 34.5 Å². The summed E-state index contributed by atoms with van der Waals surface area (Å²) in [4.78, 5) is 16.7. The topological polar surface area (TPSA) is 30.0 Å². The summed E-state index contributed by atoms with van der Waals surface area (Å²) in [6, 6.07) is 8.29. The molecule has 2 nitrogen and oxygen atoms in total. The first-order valence-corrected chi connectivity index (χ1v) is 7.17. The second-order valence-electron chi connectivity index (χ2n) is 3.74. The third-order valence-electron chi connectivity index (χ3n) is 2.36. The Bertz CT molecular complexity index is 534. The van der Waals surface area contributed by atoms with Gasteiger partial charge in [-0.3, -0.25) is 4.79 Å². The standard InChI is InChI=1S/C13H13NOS2/c1-9-5-3-4-6-12(9)16-8-13-14-11(7-17-13)10(2)15/h3-7H,8H2,1-2H3. The van der Waals surface area contributed by atoms with E-state index in [1.54, 1.807) is 30.0 Å². The van der Waals surface area contributed by atoms with Crippen molar-refractivity contribution in [3.05, 3.63) is 45.9 Å². The Kier molecular flexibility index (Phi) is 3.97. The molecule has 0 aliphatic carbocycles. The zero-order valence-corrected chi connectivity index (χ0v) is 11.4. The molecule has 0 bridgehead atoms. The number of carbonyl (C=O) groups is 1. The highest BCUT2D eigenvalue weighted by molar-refractivity contribution is 7.98. The molecule has 0 fully saturated rings. The highest BCUT2D eigenvalue weighted by atomic mass is 32.2. The molecule has 2 rings (SSSR count). The highest BCUT2D eigenvalue weighted by Gasteiger charge is 2.06. The average molecular weight is 263 g/mol. The Morgan fingerprint density at radius 2 is 2.18 bits per heavy atom. The fourth-order valence-electron chi connectivity index (χ4n) is 1.40. The van der Waals surface area contributed by atoms with E-state index >= 15 is 0 Å². The van der Waals surface area contributed by atoms with Gasteiger partial charge in [0.2, 0.25) is 0 Å². The molecule has 0 radical (unpaired) electrons. The minimum Gasteiger partial charge on any atom is -0.293 e. The number of hydrogen-bond donors (Lipinski definition) is 0. The van der Waals surface area contributed by atoms with Crippen molar-refractivity contribution in [3.8, 4) is 0 Å². The van der Waals surface area contributed by atoms with E-state index < -0.39 is 0 Å². The smallest absolute Gasteiger partial charge is 0.178 e. The summed E-state index contributed by atoms with van der Waals surface area (Å²) >= 11 is 3.31. The van der Waals surface area contributed by atoms with Crippen LogP contribution in [0.1, 0.15) is 28.0 Å². The first kappa shape index (κ1) is 12.3. The Morgan fingerprint density at radius 1 is 1.41 bits per heavy atom. The molecule has 4 heteroatoms. The average Bonchev–Trinajstić information content (AvgIpc) is 2.77. The summed E-state index contributed by atoms with van der Waals surface area (Å²) in [5.41, 5.74) is 1.86. The van der Waals surface area contributed by atoms with E-state index in [1.807, 2.05) is 17.5 Å². The first-order chi connectivity index (χ1) is 8.16. The molecule has 1 aromatic heterocycles. The van der Waals surface area contributed by atoms with Gasteiger partial charge in [0.1, 0.15) is 10.7 Å². The van der Waals surface area contributed by atoms with Crippen molar-refractivity contribution in [2.24, 2.45) is 0 Å². The zero-order chi connectivity index (χ0) is 12.3. The van der Waals surface area contributed by atoms with E-state index in [1.165, 1.54) is 10.5 Å². The van der Waals surface area contributed by atoms with Gasteiger partial charge in [0.05, 0.1) is 5.75 Å². The number of thioether (sulfide) groups is 1. The van der Waals surface area contributed by atoms with Crippen LogP contribution in [0.25, 0.3) is 0 Å². The molecule has 0 aliphatic heterocycles. The monoisotopic (exact) mass is 263 g/mol. The predicted molar refractivity (Wildman–Crippen MR) is 72.9 cm³/mol. The van der Waals surface area contributed by atoms with Crippen molar-refractivity contribution in [3.63, 3.8) is 0 Å². The molecular formula is C13H13NOS2. The maximum absolute atomic E-state index is 11.1. The van der Waals surface area contributed by atoms with Gasteiger partial charge in [-0.25, -0.2) is 4.98 Å². The summed E-state index contributed by atoms with van der Waals surface area (Å²) in [6.07, 6.45) is 0. The van der Waals surface area contributed by atoms with Crippen LogP contribution in [-0.2, 0) is 5.75 Å². The third kappa shape index (κ3) is 3.17. The van der Waals surface area contributed by atoms with Crippen molar-refractivity contribution in [1.29, 1.82) is 0 Å². The van der Waals surface area contributed by atoms with Crippen molar-refractivity contribution in [2.45, 2.75) is 24.5 Å². The molecule has 0 spiro atoms. The Hall–Kier alpha value is -1.13. The fraction of sp³-hybridized carbons (Fsp3) is 0.231. The first-order valence-electron chi connectivity index (χ1n) is 5.30. The molecule has 0 N–H and O–H groups in total. The molecule has 17 heavy (non-hydrogen) atoms. The number of thiazole rings is 1. The van der Waals surface area contributed by atoms with Gasteiger partial charge in [-0.15, -0.1) is 23.1 Å². The maximum Gasteiger partial charge on any atom is 0.178 e. The Balaban J connectivity index is 2.02. The van der Waals surface area contributed by atoms with Crippen LogP contribution in [0.2, 0.25) is 0 Å². The van der Waals surface area contributed by atoms with Crippen LogP contribution in [0, 0.1) is 6.92 Å². The minimum absolute atomic E-state index is 0.0355. The van der Waals surface area contributed by atoms with E-state index in [9.17, 15) is 4.79 Å². The molecule has 0 saturated carbocycles. The van der Waals surface area contributed by atoms with Gasteiger partial charge in [0.25, 0.3) is 0 Å². The van der Waals surface area contributed by atoms with Gasteiger partial charge in [0.15, 0.2) is 5.78 Å². The molecule has 2 aromatic rings. The summed E-state index contributed by atoms with van der Waals surface area (Å²) in [5, 5.41) is 2.83. The molecule has 88 valence electrons. The van der Waals surface area contributed by atoms with E-state index in [0.717, 1.165) is 10.8 Å². The second kappa shape index (κ2) is 5.47. The molecule has 1 aromatic carbocycles. The molecule has 0 aliphatic rings. The maximum atomic E-state index is 11.1. The Labute approximate surface area is 109 Å². The van der Waals surface area contributed by atoms with E-state index in [2.05, 4.69) is 24.0 Å². The van der Waals surface area contributed by atoms with Crippen LogP contribution in [0.4, 0.5) is 0 Å². The number of nitrogens with zero attached hydrogens (tertiary/aromatic N) is 1. The quantitative estimate of drug-likeness (QED) is 0.618. The summed E-state index contributed by atoms with van der Waals surface area (Å²) in [6.45, 7) is 3.65. The zero-order valence-electron chi connectivity index (χ0n) is 9.77. The third-order valence-corrected chi connectivity index (χ3v) is 4.58. The summed E-state index contributed by atoms with van der Waals surface area (Å²) in [7, 11) is 0. The van der Waals surface area contributed by atoms with Gasteiger partial charge in [0, 0.05) is 17.2 Å². The largest absolute Gasteiger partial charge is 0.293 e. The highest BCUT2D eigenvalue weighted by Crippen LogP contribution is 2.26. The second-order valence-corrected chi connectivity index (χ2v) is 5.70. The number of hydrogen-bond acceptors (Lipinski definition) is 4. The number of ketones is 1. The molecule has 0 amide bonds. The number of benzene rings is 1. The molecule has 0 saturated heterocycles. The van der Waals surface area contributed by atoms with Crippen LogP contribution in [-0.4, -0.2) is 10.8 Å². The Morgan fingerprint density at radius 3 is 2.82 bits per heavy atom. The summed E-state index contributed by atoms with van der Waals surface area (Å²) < 4.78 is 0. The molecule has 0 atom stereocenters. The van der Waals surface area contributed by atoms with Crippen molar-refractivity contribution >= 4 is 28.9 Å². The lowest BCUT2D eigenvalue weighted by atomic mass is 10.2. The van der Waals surface area contributed by atoms with Crippen molar-refractivity contribution in [2.75, 3.05) is 0 Å². The van der Waals surface area contributed by atoms with E-state index in [0.29, 0.717) is 5.69 Å². The predicted octanol–water partition coefficient (Wildman–Crippen LogP) is 3.95. The fourth-order valence-corrected chi connectivity index (χ4v) is 3.28. The van der Waals surface area contributed by atoms with E-state index in [-0.39, 0.29) is 5.78 Å². The molecule has 0 unspecified atom stereocenters. The lowest BCUT2D eigenvalue weighted by Gasteiger charge is -2.02. The number of aryl methyl sites for hydroxylation is 1. The van der Waals surface area contributed by atoms with Crippen molar-refractivity contribution < 1.29 is 4.79 Å². The van der Waals surface area contributed by atoms with Crippen molar-refractivity contribution in [1.82, 2.24) is 4.98 Å². The minimum atomic E-state index is 0.0355. The van der Waals surface area contributed by atoms with E-state index in [4.69, 9.17) is 0 Å². The normalized spacial score (nSPS) is 10.5. The van der Waals surface area contributed by atoms with Gasteiger partial charge < -0.3 is 0 Å². The van der Waals surface area contributed by atoms with Gasteiger partial charge in [-0.05, 0) is 18.6 Å². The van der Waals surface area contributed by atoms with Crippen LogP contribution >= 0.6 is 23.1 Å². The van der Waals surface area contributed by atoms with Crippen LogP contribution in [0.5, 0.6) is 0 Å². The van der Waals surface area contributed by atoms with Crippen LogP contribution < -0.4 is 0 Å². The molecule has 1 heterocycles. The van der Waals surface area contributed by atoms with Gasteiger partial charge in [-0.2, -0.15) is 0 Å². The summed E-state index contributed by atoms with van der Waals surface area (Å²) in [5.74, 6) is 0.858. The number of carbonyl (C=O) groups excluding carboxylic acids is 1. The number of rotatable bonds is 4.